The van der Waals surface area contributed by atoms with Crippen molar-refractivity contribution in [2.75, 3.05) is 20.2 Å². The summed E-state index contributed by atoms with van der Waals surface area (Å²) in [6, 6.07) is 3.55. The third-order valence-electron chi connectivity index (χ3n) is 4.48. The van der Waals surface area contributed by atoms with Crippen molar-refractivity contribution in [2.24, 2.45) is 0 Å². The van der Waals surface area contributed by atoms with E-state index in [1.54, 1.807) is 60.6 Å². The number of ether oxygens (including phenoxy) is 2. The Hall–Kier alpha value is -3.30. The van der Waals surface area contributed by atoms with Crippen LogP contribution in [0.3, 0.4) is 0 Å². The van der Waals surface area contributed by atoms with Gasteiger partial charge in [-0.1, -0.05) is 18.2 Å². The fraction of sp³-hybridized carbons (Fsp3) is 0.565. The van der Waals surface area contributed by atoms with Gasteiger partial charge in [-0.2, -0.15) is 0 Å². The summed E-state index contributed by atoms with van der Waals surface area (Å²) in [6.45, 7) is 11.0. The summed E-state index contributed by atoms with van der Waals surface area (Å²) in [5, 5.41) is 15.5. The highest BCUT2D eigenvalue weighted by molar-refractivity contribution is 5.92. The molecule has 0 aliphatic rings. The highest BCUT2D eigenvalue weighted by Crippen LogP contribution is 2.35. The Kier molecular flexibility index (Phi) is 9.26. The summed E-state index contributed by atoms with van der Waals surface area (Å²) in [4.78, 5) is 51.3. The molecule has 33 heavy (non-hydrogen) atoms. The van der Waals surface area contributed by atoms with E-state index in [1.165, 1.54) is 18.1 Å². The first-order valence-corrected chi connectivity index (χ1v) is 10.5. The second-order valence-corrected chi connectivity index (χ2v) is 9.50. The lowest BCUT2D eigenvalue weighted by atomic mass is 9.94. The quantitative estimate of drug-likeness (QED) is 0.526. The molecule has 3 amide bonds. The Morgan fingerprint density at radius 1 is 1.03 bits per heavy atom. The maximum atomic E-state index is 13.3. The van der Waals surface area contributed by atoms with E-state index in [2.05, 4.69) is 15.4 Å². The third-order valence-corrected chi connectivity index (χ3v) is 4.48. The minimum atomic E-state index is -1.29. The second-order valence-electron chi connectivity index (χ2n) is 9.50. The minimum Gasteiger partial charge on any atom is -0.507 e. The fourth-order valence-electron chi connectivity index (χ4n) is 3.08. The molecule has 1 rings (SSSR count). The Balaban J connectivity index is 3.36. The van der Waals surface area contributed by atoms with Crippen molar-refractivity contribution < 1.29 is 33.8 Å². The van der Waals surface area contributed by atoms with Gasteiger partial charge in [-0.05, 0) is 54.0 Å². The number of hydrogen-bond donors (Lipinski definition) is 3. The van der Waals surface area contributed by atoms with Crippen molar-refractivity contribution in [3.8, 4) is 5.75 Å². The van der Waals surface area contributed by atoms with E-state index < -0.39 is 54.1 Å². The average molecular weight is 466 g/mol. The SMILES string of the molecule is COC(=O)CNC(=O)C(c1cccc(C)c1O)N(C(=O)CNC(=O)OC(C)(C)C)C(C)(C)C. The number of nitrogens with one attached hydrogen (secondary N) is 2. The van der Waals surface area contributed by atoms with Crippen LogP contribution in [-0.2, 0) is 23.9 Å². The van der Waals surface area contributed by atoms with Gasteiger partial charge in [-0.15, -0.1) is 0 Å². The largest absolute Gasteiger partial charge is 0.507 e. The van der Waals surface area contributed by atoms with Crippen molar-refractivity contribution in [3.05, 3.63) is 29.3 Å². The lowest BCUT2D eigenvalue weighted by molar-refractivity contribution is -0.147. The zero-order valence-corrected chi connectivity index (χ0v) is 20.6. The Morgan fingerprint density at radius 2 is 1.64 bits per heavy atom. The highest BCUT2D eigenvalue weighted by atomic mass is 16.6. The molecule has 0 bridgehead atoms. The van der Waals surface area contributed by atoms with Crippen LogP contribution in [0.5, 0.6) is 5.75 Å². The molecule has 184 valence electrons. The molecule has 0 heterocycles. The van der Waals surface area contributed by atoms with Crippen molar-refractivity contribution in [1.82, 2.24) is 15.5 Å². The number of aromatic hydroxyl groups is 1. The van der Waals surface area contributed by atoms with Crippen LogP contribution in [-0.4, -0.2) is 65.2 Å². The van der Waals surface area contributed by atoms with Crippen LogP contribution in [0.1, 0.15) is 58.7 Å². The number of carbonyl (C=O) groups excluding carboxylic acids is 4. The number of aryl methyl sites for hydroxylation is 1. The van der Waals surface area contributed by atoms with Gasteiger partial charge in [0.2, 0.25) is 11.8 Å². The molecule has 3 N–H and O–H groups in total. The first-order valence-electron chi connectivity index (χ1n) is 10.5. The van der Waals surface area contributed by atoms with E-state index in [1.807, 2.05) is 0 Å². The highest BCUT2D eigenvalue weighted by Gasteiger charge is 2.40. The van der Waals surface area contributed by atoms with Gasteiger partial charge in [0.15, 0.2) is 0 Å². The summed E-state index contributed by atoms with van der Waals surface area (Å²) >= 11 is 0. The van der Waals surface area contributed by atoms with Crippen LogP contribution in [0.2, 0.25) is 0 Å². The maximum absolute atomic E-state index is 13.3. The summed E-state index contributed by atoms with van der Waals surface area (Å²) in [5.41, 5.74) is -0.971. The standard InChI is InChI=1S/C23H35N3O7/c1-14-10-9-11-15(19(14)29)18(20(30)24-13-17(28)32-8)26(22(2,3)4)16(27)12-25-21(31)33-23(5,6)7/h9-11,18,29H,12-13H2,1-8H3,(H,24,30)(H,25,31). The lowest BCUT2D eigenvalue weighted by Gasteiger charge is -2.41. The van der Waals surface area contributed by atoms with Gasteiger partial charge in [0.25, 0.3) is 0 Å². The number of phenolic OH excluding ortho intramolecular Hbond substituents is 1. The van der Waals surface area contributed by atoms with Crippen LogP contribution < -0.4 is 10.6 Å². The molecule has 0 aromatic heterocycles. The van der Waals surface area contributed by atoms with E-state index in [0.717, 1.165) is 0 Å². The first kappa shape index (κ1) is 27.7. The van der Waals surface area contributed by atoms with Crippen LogP contribution in [0.4, 0.5) is 4.79 Å². The summed E-state index contributed by atoms with van der Waals surface area (Å²) in [6.07, 6.45) is -0.783. The van der Waals surface area contributed by atoms with Crippen LogP contribution in [0.25, 0.3) is 0 Å². The number of benzene rings is 1. The third kappa shape index (κ3) is 8.28. The smallest absolute Gasteiger partial charge is 0.408 e. The second kappa shape index (κ2) is 11.0. The van der Waals surface area contributed by atoms with Crippen LogP contribution >= 0.6 is 0 Å². The summed E-state index contributed by atoms with van der Waals surface area (Å²) in [7, 11) is 1.19. The molecule has 0 spiro atoms. The molecule has 1 aromatic rings. The molecular weight excluding hydrogens is 430 g/mol. The van der Waals surface area contributed by atoms with Crippen molar-refractivity contribution in [3.63, 3.8) is 0 Å². The average Bonchev–Trinajstić information content (AvgIpc) is 2.68. The molecule has 0 radical (unpaired) electrons. The Morgan fingerprint density at radius 3 is 2.15 bits per heavy atom. The van der Waals surface area contributed by atoms with E-state index in [0.29, 0.717) is 5.56 Å². The van der Waals surface area contributed by atoms with Crippen molar-refractivity contribution >= 4 is 23.9 Å². The van der Waals surface area contributed by atoms with Gasteiger partial charge in [0.1, 0.15) is 30.5 Å². The normalized spacial score (nSPS) is 12.4. The molecule has 0 saturated heterocycles. The number of carbonyl (C=O) groups is 4. The number of alkyl carbamates (subject to hydrolysis) is 1. The zero-order valence-electron chi connectivity index (χ0n) is 20.6. The number of esters is 1. The van der Waals surface area contributed by atoms with Gasteiger partial charge >= 0.3 is 12.1 Å². The number of phenols is 1. The fourth-order valence-corrected chi connectivity index (χ4v) is 3.08. The topological polar surface area (TPSA) is 134 Å². The van der Waals surface area contributed by atoms with Crippen LogP contribution in [0, 0.1) is 6.92 Å². The van der Waals surface area contributed by atoms with E-state index in [9.17, 15) is 24.3 Å². The van der Waals surface area contributed by atoms with Crippen molar-refractivity contribution in [2.45, 2.75) is 65.6 Å². The zero-order chi connectivity index (χ0) is 25.6. The molecule has 0 aliphatic heterocycles. The molecule has 0 fully saturated rings. The molecule has 10 heteroatoms. The maximum Gasteiger partial charge on any atom is 0.408 e. The predicted molar refractivity (Wildman–Crippen MR) is 121 cm³/mol. The number of methoxy groups -OCH3 is 1. The van der Waals surface area contributed by atoms with E-state index >= 15 is 0 Å². The van der Waals surface area contributed by atoms with Gasteiger partial charge in [-0.25, -0.2) is 4.79 Å². The molecular formula is C23H35N3O7. The molecule has 10 nitrogen and oxygen atoms in total. The number of rotatable bonds is 7. The molecule has 0 saturated carbocycles. The summed E-state index contributed by atoms with van der Waals surface area (Å²) in [5.74, 6) is -2.11. The van der Waals surface area contributed by atoms with Crippen LogP contribution in [0.15, 0.2) is 18.2 Å². The van der Waals surface area contributed by atoms with E-state index in [4.69, 9.17) is 4.74 Å². The number of hydrogen-bond acceptors (Lipinski definition) is 7. The summed E-state index contributed by atoms with van der Waals surface area (Å²) < 4.78 is 9.73. The minimum absolute atomic E-state index is 0.155. The predicted octanol–water partition coefficient (Wildman–Crippen LogP) is 2.18. The van der Waals surface area contributed by atoms with Gasteiger partial charge in [0.05, 0.1) is 7.11 Å². The molecule has 0 aliphatic carbocycles. The Bertz CT molecular complexity index is 885. The number of nitrogens with zero attached hydrogens (tertiary/aromatic N) is 1. The van der Waals surface area contributed by atoms with Gasteiger partial charge < -0.3 is 30.1 Å². The van der Waals surface area contributed by atoms with Crippen molar-refractivity contribution in [1.29, 1.82) is 0 Å². The lowest BCUT2D eigenvalue weighted by Crippen LogP contribution is -2.55. The van der Waals surface area contributed by atoms with E-state index in [-0.39, 0.29) is 11.3 Å². The van der Waals surface area contributed by atoms with Gasteiger partial charge in [-0.3, -0.25) is 14.4 Å². The monoisotopic (exact) mass is 465 g/mol. The Labute approximate surface area is 194 Å². The number of para-hydroxylation sites is 1. The number of amides is 3. The molecule has 1 atom stereocenters. The molecule has 1 unspecified atom stereocenters. The molecule has 1 aromatic carbocycles. The van der Waals surface area contributed by atoms with Gasteiger partial charge in [0, 0.05) is 11.1 Å². The first-order chi connectivity index (χ1) is 15.1.